The average molecular weight is 385 g/mol. The number of hydrogen-bond acceptors (Lipinski definition) is 3. The van der Waals surface area contributed by atoms with Crippen LogP contribution in [0.1, 0.15) is 34.3 Å². The molecule has 0 unspecified atom stereocenters. The average Bonchev–Trinajstić information content (AvgIpc) is 2.68. The SMILES string of the molecule is Cc1ccc(-c2ccc(C(=O)NCC3(C(=O)O)CCOCC3)c(F)c2)cc1C. The molecule has 2 aromatic carbocycles. The Morgan fingerprint density at radius 3 is 2.32 bits per heavy atom. The Labute approximate surface area is 163 Å². The van der Waals surface area contributed by atoms with Gasteiger partial charge >= 0.3 is 5.97 Å². The normalized spacial score (nSPS) is 15.8. The maximum atomic E-state index is 14.6. The highest BCUT2D eigenvalue weighted by molar-refractivity contribution is 5.95. The first kappa shape index (κ1) is 20.0. The maximum Gasteiger partial charge on any atom is 0.311 e. The quantitative estimate of drug-likeness (QED) is 0.823. The predicted molar refractivity (Wildman–Crippen MR) is 104 cm³/mol. The zero-order valence-corrected chi connectivity index (χ0v) is 16.0. The van der Waals surface area contributed by atoms with E-state index in [1.807, 2.05) is 32.0 Å². The van der Waals surface area contributed by atoms with Gasteiger partial charge < -0.3 is 15.2 Å². The summed E-state index contributed by atoms with van der Waals surface area (Å²) in [5.74, 6) is -2.22. The van der Waals surface area contributed by atoms with Crippen LogP contribution in [0.15, 0.2) is 36.4 Å². The number of carboxylic acid groups (broad SMARTS) is 1. The van der Waals surface area contributed by atoms with Gasteiger partial charge in [0.05, 0.1) is 11.0 Å². The lowest BCUT2D eigenvalue weighted by molar-refractivity contribution is -0.154. The zero-order chi connectivity index (χ0) is 20.3. The molecule has 148 valence electrons. The van der Waals surface area contributed by atoms with Crippen LogP contribution in [-0.4, -0.2) is 36.7 Å². The molecule has 0 aromatic heterocycles. The van der Waals surface area contributed by atoms with Crippen molar-refractivity contribution in [3.05, 3.63) is 58.9 Å². The van der Waals surface area contributed by atoms with Crippen LogP contribution >= 0.6 is 0 Å². The van der Waals surface area contributed by atoms with Crippen LogP contribution in [0.2, 0.25) is 0 Å². The first-order valence-electron chi connectivity index (χ1n) is 9.29. The molecule has 1 aliphatic rings. The molecule has 0 radical (unpaired) electrons. The molecule has 0 aliphatic carbocycles. The molecule has 6 heteroatoms. The Morgan fingerprint density at radius 1 is 1.07 bits per heavy atom. The number of carbonyl (C=O) groups excluding carboxylic acids is 1. The molecule has 1 aliphatic heterocycles. The zero-order valence-electron chi connectivity index (χ0n) is 16.0. The van der Waals surface area contributed by atoms with E-state index in [2.05, 4.69) is 5.32 Å². The summed E-state index contributed by atoms with van der Waals surface area (Å²) < 4.78 is 19.8. The highest BCUT2D eigenvalue weighted by atomic mass is 19.1. The number of ether oxygens (including phenoxy) is 1. The van der Waals surface area contributed by atoms with Crippen LogP contribution in [0, 0.1) is 25.1 Å². The lowest BCUT2D eigenvalue weighted by Crippen LogP contribution is -2.46. The molecule has 0 saturated carbocycles. The van der Waals surface area contributed by atoms with Crippen LogP contribution in [0.25, 0.3) is 11.1 Å². The number of amides is 1. The molecule has 0 bridgehead atoms. The van der Waals surface area contributed by atoms with E-state index in [4.69, 9.17) is 4.74 Å². The molecule has 0 spiro atoms. The third-order valence-electron chi connectivity index (χ3n) is 5.54. The number of aliphatic carboxylic acids is 1. The van der Waals surface area contributed by atoms with E-state index in [-0.39, 0.29) is 12.1 Å². The fourth-order valence-corrected chi connectivity index (χ4v) is 3.37. The van der Waals surface area contributed by atoms with Gasteiger partial charge in [0.2, 0.25) is 0 Å². The van der Waals surface area contributed by atoms with E-state index >= 15 is 0 Å². The molecule has 1 heterocycles. The summed E-state index contributed by atoms with van der Waals surface area (Å²) in [5, 5.41) is 12.1. The molecule has 1 amide bonds. The van der Waals surface area contributed by atoms with Gasteiger partial charge in [0.1, 0.15) is 5.82 Å². The number of hydrogen-bond donors (Lipinski definition) is 2. The third-order valence-corrected chi connectivity index (χ3v) is 5.54. The number of nitrogens with one attached hydrogen (secondary N) is 1. The summed E-state index contributed by atoms with van der Waals surface area (Å²) in [6.07, 6.45) is 0.633. The molecule has 1 fully saturated rings. The Kier molecular flexibility index (Phi) is 5.79. The summed E-state index contributed by atoms with van der Waals surface area (Å²) in [6, 6.07) is 10.3. The van der Waals surface area contributed by atoms with Gasteiger partial charge in [-0.25, -0.2) is 4.39 Å². The van der Waals surface area contributed by atoms with E-state index in [0.29, 0.717) is 31.6 Å². The number of aryl methyl sites for hydroxylation is 2. The lowest BCUT2D eigenvalue weighted by atomic mass is 9.80. The largest absolute Gasteiger partial charge is 0.481 e. The van der Waals surface area contributed by atoms with Gasteiger partial charge in [0, 0.05) is 19.8 Å². The molecule has 5 nitrogen and oxygen atoms in total. The Bertz CT molecular complexity index is 903. The van der Waals surface area contributed by atoms with E-state index in [1.165, 1.54) is 12.1 Å². The molecule has 2 N–H and O–H groups in total. The van der Waals surface area contributed by atoms with E-state index in [0.717, 1.165) is 16.7 Å². The number of halogens is 1. The third kappa shape index (κ3) is 4.07. The summed E-state index contributed by atoms with van der Waals surface area (Å²) >= 11 is 0. The Balaban J connectivity index is 1.75. The van der Waals surface area contributed by atoms with Crippen molar-refractivity contribution in [2.75, 3.05) is 19.8 Å². The molecule has 0 atom stereocenters. The van der Waals surface area contributed by atoms with Gasteiger partial charge in [-0.1, -0.05) is 24.3 Å². The fourth-order valence-electron chi connectivity index (χ4n) is 3.37. The predicted octanol–water partition coefficient (Wildman–Crippen LogP) is 3.72. The Hall–Kier alpha value is -2.73. The molecule has 2 aromatic rings. The van der Waals surface area contributed by atoms with Crippen molar-refractivity contribution in [2.45, 2.75) is 26.7 Å². The first-order valence-corrected chi connectivity index (χ1v) is 9.29. The van der Waals surface area contributed by atoms with Crippen molar-refractivity contribution in [2.24, 2.45) is 5.41 Å². The molecule has 3 rings (SSSR count). The van der Waals surface area contributed by atoms with Crippen molar-refractivity contribution in [1.29, 1.82) is 0 Å². The summed E-state index contributed by atoms with van der Waals surface area (Å²) in [5.41, 5.74) is 2.66. The van der Waals surface area contributed by atoms with Crippen molar-refractivity contribution >= 4 is 11.9 Å². The second-order valence-corrected chi connectivity index (χ2v) is 7.37. The lowest BCUT2D eigenvalue weighted by Gasteiger charge is -2.33. The highest BCUT2D eigenvalue weighted by Gasteiger charge is 2.40. The molecular formula is C22H24FNO4. The molecule has 28 heavy (non-hydrogen) atoms. The van der Waals surface area contributed by atoms with E-state index < -0.39 is 23.1 Å². The maximum absolute atomic E-state index is 14.6. The molecular weight excluding hydrogens is 361 g/mol. The number of carbonyl (C=O) groups is 2. The standard InChI is InChI=1S/C22H24FNO4/c1-14-3-4-16(11-15(14)2)17-5-6-18(19(23)12-17)20(25)24-13-22(21(26)27)7-9-28-10-8-22/h3-6,11-12H,7-10,13H2,1-2H3,(H,24,25)(H,26,27). The minimum absolute atomic E-state index is 0.0527. The van der Waals surface area contributed by atoms with Crippen molar-refractivity contribution in [3.8, 4) is 11.1 Å². The van der Waals surface area contributed by atoms with Crippen LogP contribution < -0.4 is 5.32 Å². The van der Waals surface area contributed by atoms with Gasteiger partial charge in [0.25, 0.3) is 5.91 Å². The molecule has 1 saturated heterocycles. The van der Waals surface area contributed by atoms with Crippen molar-refractivity contribution in [1.82, 2.24) is 5.32 Å². The minimum Gasteiger partial charge on any atom is -0.481 e. The van der Waals surface area contributed by atoms with Gasteiger partial charge in [-0.15, -0.1) is 0 Å². The number of carboxylic acids is 1. The van der Waals surface area contributed by atoms with Gasteiger partial charge in [-0.3, -0.25) is 9.59 Å². The van der Waals surface area contributed by atoms with Crippen LogP contribution in [-0.2, 0) is 9.53 Å². The number of benzene rings is 2. The number of rotatable bonds is 5. The summed E-state index contributed by atoms with van der Waals surface area (Å²) in [4.78, 5) is 24.1. The smallest absolute Gasteiger partial charge is 0.311 e. The highest BCUT2D eigenvalue weighted by Crippen LogP contribution is 2.30. The summed E-state index contributed by atoms with van der Waals surface area (Å²) in [7, 11) is 0. The topological polar surface area (TPSA) is 75.6 Å². The summed E-state index contributed by atoms with van der Waals surface area (Å²) in [6.45, 7) is 4.62. The first-order chi connectivity index (χ1) is 13.3. The fraction of sp³-hybridized carbons (Fsp3) is 0.364. The van der Waals surface area contributed by atoms with Crippen LogP contribution in [0.5, 0.6) is 0 Å². The minimum atomic E-state index is -1.07. The van der Waals surface area contributed by atoms with Crippen LogP contribution in [0.3, 0.4) is 0 Å². The van der Waals surface area contributed by atoms with E-state index in [9.17, 15) is 19.1 Å². The van der Waals surface area contributed by atoms with Gasteiger partial charge in [-0.05, 0) is 61.1 Å². The van der Waals surface area contributed by atoms with Crippen molar-refractivity contribution in [3.63, 3.8) is 0 Å². The van der Waals surface area contributed by atoms with E-state index in [1.54, 1.807) is 6.07 Å². The Morgan fingerprint density at radius 2 is 1.71 bits per heavy atom. The van der Waals surface area contributed by atoms with Gasteiger partial charge in [0.15, 0.2) is 0 Å². The monoisotopic (exact) mass is 385 g/mol. The second-order valence-electron chi connectivity index (χ2n) is 7.37. The van der Waals surface area contributed by atoms with Crippen molar-refractivity contribution < 1.29 is 23.8 Å². The second kappa shape index (κ2) is 8.10. The van der Waals surface area contributed by atoms with Crippen LogP contribution in [0.4, 0.5) is 4.39 Å². The van der Waals surface area contributed by atoms with Gasteiger partial charge in [-0.2, -0.15) is 0 Å².